The van der Waals surface area contributed by atoms with Gasteiger partial charge in [0.1, 0.15) is 11.4 Å². The van der Waals surface area contributed by atoms with E-state index in [2.05, 4.69) is 15.9 Å². The van der Waals surface area contributed by atoms with Crippen LogP contribution >= 0.6 is 15.9 Å². The van der Waals surface area contributed by atoms with Crippen molar-refractivity contribution >= 4 is 32.8 Å². The van der Waals surface area contributed by atoms with E-state index in [0.29, 0.717) is 17.9 Å². The van der Waals surface area contributed by atoms with Crippen LogP contribution in [0.2, 0.25) is 0 Å². The summed E-state index contributed by atoms with van der Waals surface area (Å²) in [5, 5.41) is 0.884. The van der Waals surface area contributed by atoms with Gasteiger partial charge in [0.05, 0.1) is 0 Å². The molecule has 1 saturated carbocycles. The van der Waals surface area contributed by atoms with E-state index in [0.717, 1.165) is 28.3 Å². The smallest absolute Gasteiger partial charge is 0.290 e. The molecule has 24 heavy (non-hydrogen) atoms. The summed E-state index contributed by atoms with van der Waals surface area (Å²) in [6, 6.07) is 14.0. The van der Waals surface area contributed by atoms with Gasteiger partial charge >= 0.3 is 0 Å². The van der Waals surface area contributed by atoms with Crippen LogP contribution in [0.5, 0.6) is 0 Å². The molecule has 1 aliphatic rings. The summed E-state index contributed by atoms with van der Waals surface area (Å²) < 4.78 is 20.1. The molecular formula is C19H15BrFNO2. The van der Waals surface area contributed by atoms with Crippen LogP contribution in [-0.2, 0) is 6.54 Å². The topological polar surface area (TPSA) is 33.5 Å². The number of rotatable bonds is 4. The maximum atomic E-state index is 13.4. The summed E-state index contributed by atoms with van der Waals surface area (Å²) in [4.78, 5) is 14.7. The Balaban J connectivity index is 1.63. The molecule has 1 aromatic heterocycles. The van der Waals surface area contributed by atoms with Gasteiger partial charge in [-0.25, -0.2) is 4.39 Å². The second-order valence-electron chi connectivity index (χ2n) is 6.09. The van der Waals surface area contributed by atoms with Crippen molar-refractivity contribution in [3.63, 3.8) is 0 Å². The number of carbonyl (C=O) groups is 1. The van der Waals surface area contributed by atoms with E-state index < -0.39 is 0 Å². The van der Waals surface area contributed by atoms with E-state index in [1.54, 1.807) is 17.0 Å². The lowest BCUT2D eigenvalue weighted by atomic mass is 10.2. The first kappa shape index (κ1) is 15.4. The third-order valence-electron chi connectivity index (χ3n) is 4.18. The highest BCUT2D eigenvalue weighted by atomic mass is 79.9. The molecule has 0 radical (unpaired) electrons. The number of hydrogen-bond acceptors (Lipinski definition) is 2. The summed E-state index contributed by atoms with van der Waals surface area (Å²) in [6.07, 6.45) is 1.96. The summed E-state index contributed by atoms with van der Waals surface area (Å²) in [6.45, 7) is 0.391. The maximum absolute atomic E-state index is 13.4. The molecule has 0 spiro atoms. The van der Waals surface area contributed by atoms with Crippen LogP contribution in [0.3, 0.4) is 0 Å². The number of amides is 1. The molecule has 2 aromatic carbocycles. The lowest BCUT2D eigenvalue weighted by Gasteiger charge is -2.21. The van der Waals surface area contributed by atoms with Gasteiger partial charge in [-0.15, -0.1) is 0 Å². The third-order valence-corrected chi connectivity index (χ3v) is 4.67. The van der Waals surface area contributed by atoms with Crippen molar-refractivity contribution in [3.8, 4) is 0 Å². The molecule has 0 aliphatic heterocycles. The van der Waals surface area contributed by atoms with Crippen LogP contribution < -0.4 is 0 Å². The Morgan fingerprint density at radius 1 is 1.21 bits per heavy atom. The van der Waals surface area contributed by atoms with E-state index in [1.165, 1.54) is 12.1 Å². The lowest BCUT2D eigenvalue weighted by Crippen LogP contribution is -2.32. The van der Waals surface area contributed by atoms with Crippen LogP contribution in [0.1, 0.15) is 29.0 Å². The Bertz CT molecular complexity index is 917. The first-order chi connectivity index (χ1) is 11.6. The molecule has 1 aliphatic carbocycles. The number of benzene rings is 2. The number of nitrogens with zero attached hydrogens (tertiary/aromatic N) is 1. The molecule has 0 saturated heterocycles. The highest BCUT2D eigenvalue weighted by molar-refractivity contribution is 9.10. The predicted molar refractivity (Wildman–Crippen MR) is 93.2 cm³/mol. The zero-order chi connectivity index (χ0) is 16.7. The van der Waals surface area contributed by atoms with Crippen molar-refractivity contribution in [2.24, 2.45) is 0 Å². The largest absolute Gasteiger partial charge is 0.451 e. The van der Waals surface area contributed by atoms with Gasteiger partial charge in [-0.2, -0.15) is 0 Å². The average molecular weight is 388 g/mol. The standard InChI is InChI=1S/C19H15BrFNO2/c20-14-4-7-17-13(9-14)10-18(24-17)19(23)22(16-5-6-16)11-12-2-1-3-15(21)8-12/h1-4,7-10,16H,5-6,11H2. The minimum atomic E-state index is -0.288. The number of carbonyl (C=O) groups excluding carboxylic acids is 1. The van der Waals surface area contributed by atoms with Gasteiger partial charge in [0.25, 0.3) is 5.91 Å². The molecule has 0 unspecified atom stereocenters. The lowest BCUT2D eigenvalue weighted by molar-refractivity contribution is 0.0699. The van der Waals surface area contributed by atoms with E-state index in [4.69, 9.17) is 4.42 Å². The number of furan rings is 1. The Morgan fingerprint density at radius 2 is 2.04 bits per heavy atom. The molecule has 0 atom stereocenters. The van der Waals surface area contributed by atoms with Crippen LogP contribution in [0, 0.1) is 5.82 Å². The molecule has 3 nitrogen and oxygen atoms in total. The maximum Gasteiger partial charge on any atom is 0.290 e. The minimum absolute atomic E-state index is 0.144. The Kier molecular flexibility index (Phi) is 3.88. The fourth-order valence-corrected chi connectivity index (χ4v) is 3.22. The van der Waals surface area contributed by atoms with E-state index in [1.807, 2.05) is 24.3 Å². The van der Waals surface area contributed by atoms with Gasteiger partial charge in [0.2, 0.25) is 0 Å². The minimum Gasteiger partial charge on any atom is -0.451 e. The number of halogens is 2. The molecule has 122 valence electrons. The summed E-state index contributed by atoms with van der Waals surface area (Å²) in [5.41, 5.74) is 1.47. The van der Waals surface area contributed by atoms with Crippen LogP contribution in [-0.4, -0.2) is 16.8 Å². The summed E-state index contributed by atoms with van der Waals surface area (Å²) in [7, 11) is 0. The van der Waals surface area contributed by atoms with Crippen molar-refractivity contribution in [1.82, 2.24) is 4.90 Å². The van der Waals surface area contributed by atoms with Gasteiger partial charge in [-0.3, -0.25) is 4.79 Å². The molecule has 4 rings (SSSR count). The van der Waals surface area contributed by atoms with Crippen molar-refractivity contribution < 1.29 is 13.6 Å². The molecule has 0 N–H and O–H groups in total. The molecule has 1 heterocycles. The molecule has 5 heteroatoms. The monoisotopic (exact) mass is 387 g/mol. The van der Waals surface area contributed by atoms with Crippen LogP contribution in [0.15, 0.2) is 57.4 Å². The van der Waals surface area contributed by atoms with E-state index in [9.17, 15) is 9.18 Å². The van der Waals surface area contributed by atoms with Gasteiger partial charge < -0.3 is 9.32 Å². The van der Waals surface area contributed by atoms with Crippen molar-refractivity contribution in [3.05, 3.63) is 70.1 Å². The first-order valence-electron chi connectivity index (χ1n) is 7.85. The molecule has 1 fully saturated rings. The van der Waals surface area contributed by atoms with Crippen molar-refractivity contribution in [1.29, 1.82) is 0 Å². The average Bonchev–Trinajstić information content (AvgIpc) is 3.31. The Morgan fingerprint density at radius 3 is 2.79 bits per heavy atom. The van der Waals surface area contributed by atoms with Gasteiger partial charge in [0, 0.05) is 22.4 Å². The Hall–Kier alpha value is -2.14. The quantitative estimate of drug-likeness (QED) is 0.620. The highest BCUT2D eigenvalue weighted by Crippen LogP contribution is 2.31. The Labute approximate surface area is 147 Å². The van der Waals surface area contributed by atoms with Gasteiger partial charge in [0.15, 0.2) is 5.76 Å². The highest BCUT2D eigenvalue weighted by Gasteiger charge is 2.34. The zero-order valence-electron chi connectivity index (χ0n) is 12.8. The number of fused-ring (bicyclic) bond motifs is 1. The van der Waals surface area contributed by atoms with E-state index in [-0.39, 0.29) is 17.8 Å². The van der Waals surface area contributed by atoms with Gasteiger partial charge in [-0.05, 0) is 54.8 Å². The molecular weight excluding hydrogens is 373 g/mol. The van der Waals surface area contributed by atoms with Crippen LogP contribution in [0.25, 0.3) is 11.0 Å². The normalized spacial score (nSPS) is 14.1. The second-order valence-corrected chi connectivity index (χ2v) is 7.00. The predicted octanol–water partition coefficient (Wildman–Crippen LogP) is 5.14. The van der Waals surface area contributed by atoms with Crippen LogP contribution in [0.4, 0.5) is 4.39 Å². The van der Waals surface area contributed by atoms with Crippen molar-refractivity contribution in [2.75, 3.05) is 0 Å². The second kappa shape index (κ2) is 6.06. The summed E-state index contributed by atoms with van der Waals surface area (Å²) in [5.74, 6) is -0.107. The third kappa shape index (κ3) is 3.08. The fourth-order valence-electron chi connectivity index (χ4n) is 2.85. The zero-order valence-corrected chi connectivity index (χ0v) is 14.4. The molecule has 0 bridgehead atoms. The van der Waals surface area contributed by atoms with E-state index >= 15 is 0 Å². The fraction of sp³-hybridized carbons (Fsp3) is 0.211. The summed E-state index contributed by atoms with van der Waals surface area (Å²) >= 11 is 3.42. The molecule has 3 aromatic rings. The first-order valence-corrected chi connectivity index (χ1v) is 8.64. The van der Waals surface area contributed by atoms with Crippen molar-refractivity contribution in [2.45, 2.75) is 25.4 Å². The number of hydrogen-bond donors (Lipinski definition) is 0. The van der Waals surface area contributed by atoms with Gasteiger partial charge in [-0.1, -0.05) is 28.1 Å². The SMILES string of the molecule is O=C(c1cc2cc(Br)ccc2o1)N(Cc1cccc(F)c1)C1CC1. The molecule has 1 amide bonds.